The van der Waals surface area contributed by atoms with Gasteiger partial charge in [-0.25, -0.2) is 4.98 Å². The Morgan fingerprint density at radius 1 is 1.21 bits per heavy atom. The molecule has 0 aromatic carbocycles. The smallest absolute Gasteiger partial charge is 0.130 e. The molecule has 1 aliphatic carbocycles. The molecular formula is C29H31N5. The first-order valence-electron chi connectivity index (χ1n) is 11.9. The summed E-state index contributed by atoms with van der Waals surface area (Å²) in [5, 5.41) is 18.5. The average Bonchev–Trinajstić information content (AvgIpc) is 2.85. The number of nitrogens with one attached hydrogen (secondary N) is 2. The molecule has 5 nitrogen and oxygen atoms in total. The van der Waals surface area contributed by atoms with Crippen LogP contribution in [0.5, 0.6) is 0 Å². The van der Waals surface area contributed by atoms with Gasteiger partial charge in [-0.1, -0.05) is 30.6 Å². The van der Waals surface area contributed by atoms with Crippen LogP contribution in [-0.4, -0.2) is 16.5 Å². The highest BCUT2D eigenvalue weighted by Gasteiger charge is 2.31. The van der Waals surface area contributed by atoms with Crippen molar-refractivity contribution in [3.63, 3.8) is 0 Å². The second-order valence-corrected chi connectivity index (χ2v) is 8.90. The van der Waals surface area contributed by atoms with E-state index in [9.17, 15) is 5.26 Å². The third-order valence-corrected chi connectivity index (χ3v) is 6.46. The number of pyridine rings is 2. The normalized spacial score (nSPS) is 20.3. The maximum atomic E-state index is 9.61. The monoisotopic (exact) mass is 449 g/mol. The molecule has 1 saturated carbocycles. The molecule has 5 heteroatoms. The SMILES string of the molecule is CC#CC1(C#N)CCC(=C/C(=C\CC)Nc2cc3cc(C4=CNCC=C4C)ncc3cn2)CC1. The highest BCUT2D eigenvalue weighted by Crippen LogP contribution is 2.38. The summed E-state index contributed by atoms with van der Waals surface area (Å²) in [5.74, 6) is 6.89. The molecule has 2 aliphatic rings. The van der Waals surface area contributed by atoms with Crippen LogP contribution in [0.2, 0.25) is 0 Å². The summed E-state index contributed by atoms with van der Waals surface area (Å²) in [6.45, 7) is 6.92. The second kappa shape index (κ2) is 10.4. The number of fused-ring (bicyclic) bond motifs is 1. The van der Waals surface area contributed by atoms with E-state index in [0.29, 0.717) is 0 Å². The largest absolute Gasteiger partial charge is 0.387 e. The molecule has 2 aromatic heterocycles. The first-order valence-corrected chi connectivity index (χ1v) is 11.9. The van der Waals surface area contributed by atoms with E-state index in [1.807, 2.05) is 25.5 Å². The molecule has 1 fully saturated rings. The standard InChI is InChI=1S/C29H31N5/c1-4-6-25(14-22-7-11-29(20-30,10-5-2)12-8-22)34-28-16-23-15-27(32-17-24(23)18-33-28)26-19-31-13-9-21(26)3/h6,9,14-19,31H,4,7-8,11-13H2,1-3H3,(H,33,34)/b22-14?,25-6+. The summed E-state index contributed by atoms with van der Waals surface area (Å²) >= 11 is 0. The van der Waals surface area contributed by atoms with Crippen LogP contribution in [0.25, 0.3) is 16.3 Å². The van der Waals surface area contributed by atoms with Gasteiger partial charge in [-0.15, -0.1) is 5.92 Å². The lowest BCUT2D eigenvalue weighted by atomic mass is 9.74. The van der Waals surface area contributed by atoms with Gasteiger partial charge in [0, 0.05) is 41.8 Å². The van der Waals surface area contributed by atoms with Crippen molar-refractivity contribution in [1.82, 2.24) is 15.3 Å². The predicted octanol–water partition coefficient (Wildman–Crippen LogP) is 6.26. The van der Waals surface area contributed by atoms with Crippen LogP contribution < -0.4 is 10.6 Å². The fourth-order valence-electron chi connectivity index (χ4n) is 4.51. The van der Waals surface area contributed by atoms with Crippen LogP contribution >= 0.6 is 0 Å². The van der Waals surface area contributed by atoms with Gasteiger partial charge in [0.25, 0.3) is 0 Å². The lowest BCUT2D eigenvalue weighted by molar-refractivity contribution is 0.401. The minimum absolute atomic E-state index is 0.489. The molecule has 34 heavy (non-hydrogen) atoms. The molecule has 0 unspecified atom stereocenters. The zero-order chi connectivity index (χ0) is 24.0. The molecule has 1 aliphatic heterocycles. The van der Waals surface area contributed by atoms with Crippen LogP contribution in [0.4, 0.5) is 5.82 Å². The molecule has 0 atom stereocenters. The van der Waals surface area contributed by atoms with Crippen molar-refractivity contribution in [3.8, 4) is 17.9 Å². The van der Waals surface area contributed by atoms with E-state index in [-0.39, 0.29) is 0 Å². The zero-order valence-corrected chi connectivity index (χ0v) is 20.2. The average molecular weight is 450 g/mol. The van der Waals surface area contributed by atoms with Crippen LogP contribution in [0.15, 0.2) is 65.8 Å². The maximum Gasteiger partial charge on any atom is 0.130 e. The fraction of sp³-hybridized carbons (Fsp3) is 0.345. The van der Waals surface area contributed by atoms with Crippen molar-refractivity contribution in [2.24, 2.45) is 5.41 Å². The number of rotatable bonds is 5. The van der Waals surface area contributed by atoms with Gasteiger partial charge in [-0.2, -0.15) is 5.26 Å². The Labute approximate surface area is 202 Å². The maximum absolute atomic E-state index is 9.61. The number of dihydropyridines is 1. The van der Waals surface area contributed by atoms with Gasteiger partial charge in [-0.05, 0) is 75.1 Å². The summed E-state index contributed by atoms with van der Waals surface area (Å²) in [5.41, 5.74) is 5.21. The minimum atomic E-state index is -0.489. The van der Waals surface area contributed by atoms with Gasteiger partial charge in [-0.3, -0.25) is 4.98 Å². The summed E-state index contributed by atoms with van der Waals surface area (Å²) in [6.07, 6.45) is 16.7. The molecule has 3 heterocycles. The van der Waals surface area contributed by atoms with E-state index in [1.54, 1.807) is 0 Å². The summed E-state index contributed by atoms with van der Waals surface area (Å²) in [4.78, 5) is 9.27. The van der Waals surface area contributed by atoms with E-state index in [0.717, 1.165) is 72.2 Å². The van der Waals surface area contributed by atoms with Crippen LogP contribution in [0.1, 0.15) is 58.6 Å². The fourth-order valence-corrected chi connectivity index (χ4v) is 4.51. The number of anilines is 1. The van der Waals surface area contributed by atoms with Gasteiger partial charge in [0.15, 0.2) is 0 Å². The topological polar surface area (TPSA) is 73.6 Å². The van der Waals surface area contributed by atoms with Crippen LogP contribution in [-0.2, 0) is 0 Å². The Morgan fingerprint density at radius 3 is 2.71 bits per heavy atom. The molecule has 0 saturated heterocycles. The van der Waals surface area contributed by atoms with E-state index in [1.165, 1.54) is 11.1 Å². The number of hydrogen-bond acceptors (Lipinski definition) is 5. The van der Waals surface area contributed by atoms with Crippen LogP contribution in [0, 0.1) is 28.6 Å². The Balaban J connectivity index is 1.55. The minimum Gasteiger partial charge on any atom is -0.387 e. The number of nitrogens with zero attached hydrogens (tertiary/aromatic N) is 3. The van der Waals surface area contributed by atoms with Gasteiger partial charge in [0.2, 0.25) is 0 Å². The molecule has 2 N–H and O–H groups in total. The quantitative estimate of drug-likeness (QED) is 0.527. The molecule has 4 rings (SSSR count). The van der Waals surface area contributed by atoms with Crippen molar-refractivity contribution >= 4 is 22.2 Å². The highest BCUT2D eigenvalue weighted by molar-refractivity contribution is 5.88. The third kappa shape index (κ3) is 5.21. The van der Waals surface area contributed by atoms with Gasteiger partial charge in [0.1, 0.15) is 11.2 Å². The Bertz CT molecular complexity index is 1300. The van der Waals surface area contributed by atoms with E-state index in [4.69, 9.17) is 0 Å². The first-order chi connectivity index (χ1) is 16.6. The van der Waals surface area contributed by atoms with E-state index >= 15 is 0 Å². The molecule has 0 amide bonds. The first kappa shape index (κ1) is 23.3. The van der Waals surface area contributed by atoms with E-state index < -0.39 is 5.41 Å². The van der Waals surface area contributed by atoms with Crippen LogP contribution in [0.3, 0.4) is 0 Å². The molecule has 0 radical (unpaired) electrons. The molecule has 172 valence electrons. The van der Waals surface area contributed by atoms with Crippen molar-refractivity contribution < 1.29 is 0 Å². The molecule has 0 bridgehead atoms. The summed E-state index contributed by atoms with van der Waals surface area (Å²) in [6, 6.07) is 6.65. The van der Waals surface area contributed by atoms with Gasteiger partial charge >= 0.3 is 0 Å². The van der Waals surface area contributed by atoms with Crippen molar-refractivity contribution in [3.05, 3.63) is 71.5 Å². The lowest BCUT2D eigenvalue weighted by Crippen LogP contribution is -2.21. The number of hydrogen-bond donors (Lipinski definition) is 2. The Morgan fingerprint density at radius 2 is 2.00 bits per heavy atom. The van der Waals surface area contributed by atoms with Crippen molar-refractivity contribution in [2.45, 2.75) is 52.9 Å². The predicted molar refractivity (Wildman–Crippen MR) is 139 cm³/mol. The van der Waals surface area contributed by atoms with Gasteiger partial charge < -0.3 is 10.6 Å². The van der Waals surface area contributed by atoms with Crippen molar-refractivity contribution in [1.29, 1.82) is 5.26 Å². The molecule has 2 aromatic rings. The Hall–Kier alpha value is -3.83. The third-order valence-electron chi connectivity index (χ3n) is 6.46. The van der Waals surface area contributed by atoms with Gasteiger partial charge in [0.05, 0.1) is 11.8 Å². The summed E-state index contributed by atoms with van der Waals surface area (Å²) in [7, 11) is 0. The van der Waals surface area contributed by atoms with Crippen molar-refractivity contribution in [2.75, 3.05) is 11.9 Å². The number of allylic oxidation sites excluding steroid dienone is 5. The number of aromatic nitrogens is 2. The Kier molecular flexibility index (Phi) is 7.14. The van der Waals surface area contributed by atoms with E-state index in [2.05, 4.69) is 82.7 Å². The molecule has 0 spiro atoms. The number of nitriles is 1. The zero-order valence-electron chi connectivity index (χ0n) is 20.2. The molecular weight excluding hydrogens is 418 g/mol. The summed E-state index contributed by atoms with van der Waals surface area (Å²) < 4.78 is 0. The lowest BCUT2D eigenvalue weighted by Gasteiger charge is -2.27. The second-order valence-electron chi connectivity index (χ2n) is 8.90. The highest BCUT2D eigenvalue weighted by atomic mass is 15.0.